The van der Waals surface area contributed by atoms with Gasteiger partial charge in [-0.05, 0) is 207 Å². The first kappa shape index (κ1) is 70.1. The van der Waals surface area contributed by atoms with Crippen molar-refractivity contribution in [3.05, 3.63) is 189 Å². The Balaban J connectivity index is 0.000000167. The van der Waals surface area contributed by atoms with Crippen molar-refractivity contribution >= 4 is 78.0 Å². The molecule has 0 amide bonds. The third-order valence-corrected chi connectivity index (χ3v) is 20.6. The number of rotatable bonds is 24. The van der Waals surface area contributed by atoms with E-state index in [0.29, 0.717) is 130 Å². The second-order valence-electron chi connectivity index (χ2n) is 30.0. The van der Waals surface area contributed by atoms with Crippen LogP contribution in [-0.4, -0.2) is 85.2 Å². The van der Waals surface area contributed by atoms with E-state index in [1.54, 1.807) is 49.3 Å². The van der Waals surface area contributed by atoms with Crippen LogP contribution in [0.4, 0.5) is 0 Å². The second-order valence-corrected chi connectivity index (χ2v) is 30.0. The molecule has 6 atom stereocenters. The fraction of sp³-hybridized carbons (Fsp3) is 0.405. The Morgan fingerprint density at radius 1 is 0.375 bits per heavy atom. The highest BCUT2D eigenvalue weighted by Gasteiger charge is 2.56. The molecule has 544 valence electrons. The van der Waals surface area contributed by atoms with Gasteiger partial charge in [-0.3, -0.25) is 0 Å². The van der Waals surface area contributed by atoms with Crippen LogP contribution in [-0.2, 0) is 28.4 Å². The number of allylic oxidation sites excluding steroid dienone is 4. The highest BCUT2D eigenvalue weighted by Crippen LogP contribution is 2.51. The van der Waals surface area contributed by atoms with Crippen LogP contribution >= 0.6 is 0 Å². The molecule has 2 spiro atoms. The van der Waals surface area contributed by atoms with Crippen molar-refractivity contribution in [1.82, 2.24) is 0 Å². The molecule has 4 fully saturated rings. The molecule has 16 rings (SSSR count). The first-order chi connectivity index (χ1) is 49.8. The van der Waals surface area contributed by atoms with Crippen LogP contribution in [0.3, 0.4) is 0 Å². The maximum atomic E-state index is 11.8. The quantitative estimate of drug-likeness (QED) is 0.0311. The van der Waals surface area contributed by atoms with Gasteiger partial charge in [-0.2, -0.15) is 0 Å². The molecule has 2 unspecified atom stereocenters. The largest absolute Gasteiger partial charge is 0.488 e. The Morgan fingerprint density at radius 2 is 0.673 bits per heavy atom. The predicted molar refractivity (Wildman–Crippen MR) is 394 cm³/mol. The van der Waals surface area contributed by atoms with Gasteiger partial charge in [-0.25, -0.2) is 9.59 Å². The van der Waals surface area contributed by atoms with Gasteiger partial charge in [0.1, 0.15) is 94.4 Å². The van der Waals surface area contributed by atoms with Crippen molar-refractivity contribution in [2.24, 2.45) is 0 Å². The molecule has 20 nitrogen and oxygen atoms in total. The molecule has 0 bridgehead atoms. The predicted octanol–water partition coefficient (Wildman–Crippen LogP) is 19.3. The van der Waals surface area contributed by atoms with Crippen molar-refractivity contribution in [2.75, 3.05) is 26.4 Å². The molecule has 0 aliphatic carbocycles. The van der Waals surface area contributed by atoms with E-state index in [-0.39, 0.29) is 23.4 Å². The first-order valence-electron chi connectivity index (χ1n) is 35.8. The third kappa shape index (κ3) is 14.6. The molecule has 12 heterocycles. The lowest BCUT2D eigenvalue weighted by atomic mass is 9.96. The van der Waals surface area contributed by atoms with Crippen molar-refractivity contribution in [3.8, 4) is 34.5 Å². The standard InChI is InChI=1S/2C42H44O10/c2*1-25(7-10-35-40(3,4)50-35)15-20-47-39-28-13-18-42(49-34(28)24-32-30(39)17-22-45-32)51-36(41(5,6)52-42)11-8-26(2)14-19-46-38-27-9-12-37(43)48-33(27)23-31-29(38)16-21-44-31/h2*9,12-18,21-24,35-36H,7-8,10-11,19-20H2,1-6H3/b2*25-15+,26-14+/t35?,36-,42+;35?,36-,42-/m11/s1. The van der Waals surface area contributed by atoms with Gasteiger partial charge in [0.05, 0.1) is 115 Å². The summed E-state index contributed by atoms with van der Waals surface area (Å²) < 4.78 is 109. The van der Waals surface area contributed by atoms with Crippen LogP contribution in [0.25, 0.3) is 78.0 Å². The van der Waals surface area contributed by atoms with E-state index in [2.05, 4.69) is 67.5 Å². The van der Waals surface area contributed by atoms with Crippen molar-refractivity contribution in [3.63, 3.8) is 0 Å². The van der Waals surface area contributed by atoms with E-state index in [4.69, 9.17) is 83.3 Å². The molecule has 104 heavy (non-hydrogen) atoms. The normalized spacial score (nSPS) is 23.4. The van der Waals surface area contributed by atoms with Gasteiger partial charge in [0, 0.05) is 48.6 Å². The molecule has 0 saturated carbocycles. The minimum Gasteiger partial charge on any atom is -0.488 e. The summed E-state index contributed by atoms with van der Waals surface area (Å²) in [6.45, 7) is 26.5. The average molecular weight is 1420 g/mol. The number of ether oxygens (including phenoxy) is 12. The Bertz CT molecular complexity index is 4920. The van der Waals surface area contributed by atoms with E-state index in [1.807, 2.05) is 101 Å². The van der Waals surface area contributed by atoms with Gasteiger partial charge < -0.3 is 83.3 Å². The van der Waals surface area contributed by atoms with E-state index < -0.39 is 34.4 Å². The maximum absolute atomic E-state index is 11.8. The van der Waals surface area contributed by atoms with Crippen molar-refractivity contribution in [1.29, 1.82) is 0 Å². The van der Waals surface area contributed by atoms with Crippen LogP contribution < -0.4 is 39.7 Å². The van der Waals surface area contributed by atoms with E-state index in [0.717, 1.165) is 82.3 Å². The van der Waals surface area contributed by atoms with Gasteiger partial charge in [0.15, 0.2) is 0 Å². The van der Waals surface area contributed by atoms with Gasteiger partial charge in [-0.1, -0.05) is 22.3 Å². The molecule has 6 aromatic heterocycles. The number of fused-ring (bicyclic) bond motifs is 8. The SMILES string of the molecule is C/C(=C\COc1c2c(cc3occc13)O[C@@]1(C=C2)O[C@H](CC/C(C)=C/COc2c3ccoc3cc3oc(=O)ccc23)C(C)(C)O1)CCC1OC1(C)C.C/C(=C\COc1c2c(cc3occc13)O[C@]1(C=C2)O[C@H](CC/C(C)=C/COc2c3ccoc3cc3oc(=O)ccc23)C(C)(C)O1)CCC1OC1(C)C. The van der Waals surface area contributed by atoms with Gasteiger partial charge in [-0.15, -0.1) is 0 Å². The summed E-state index contributed by atoms with van der Waals surface area (Å²) in [7, 11) is 0. The Hall–Kier alpha value is -9.54. The molecule has 6 aliphatic heterocycles. The molecule has 6 aliphatic rings. The molecule has 0 radical (unpaired) electrons. The number of hydrogen-bond acceptors (Lipinski definition) is 20. The molecule has 0 N–H and O–H groups in total. The summed E-state index contributed by atoms with van der Waals surface area (Å²) in [6, 6.07) is 20.9. The van der Waals surface area contributed by atoms with E-state index in [9.17, 15) is 9.59 Å². The summed E-state index contributed by atoms with van der Waals surface area (Å²) in [5, 5.41) is 4.81. The maximum Gasteiger partial charge on any atom is 0.350 e. The lowest BCUT2D eigenvalue weighted by Crippen LogP contribution is -2.39. The highest BCUT2D eigenvalue weighted by molar-refractivity contribution is 6.02. The average Bonchev–Trinajstić information content (AvgIpc) is 1.53. The number of hydrogen-bond donors (Lipinski definition) is 0. The van der Waals surface area contributed by atoms with Crippen LogP contribution in [0.1, 0.15) is 146 Å². The summed E-state index contributed by atoms with van der Waals surface area (Å²) in [6.07, 6.45) is 29.4. The minimum atomic E-state index is -1.38. The Labute approximate surface area is 601 Å². The number of epoxide rings is 2. The fourth-order valence-corrected chi connectivity index (χ4v) is 14.3. The van der Waals surface area contributed by atoms with Gasteiger partial charge >= 0.3 is 23.2 Å². The molecule has 10 aromatic rings. The highest BCUT2D eigenvalue weighted by atomic mass is 16.9. The monoisotopic (exact) mass is 1420 g/mol. The number of furan rings is 4. The lowest BCUT2D eigenvalue weighted by Gasteiger charge is -2.30. The summed E-state index contributed by atoms with van der Waals surface area (Å²) in [5.41, 5.74) is 7.65. The number of benzene rings is 4. The van der Waals surface area contributed by atoms with Gasteiger partial charge in [0.25, 0.3) is 0 Å². The van der Waals surface area contributed by atoms with Crippen LogP contribution in [0.5, 0.6) is 34.5 Å². The smallest absolute Gasteiger partial charge is 0.350 e. The zero-order valence-corrected chi connectivity index (χ0v) is 60.8. The lowest BCUT2D eigenvalue weighted by molar-refractivity contribution is -0.271. The summed E-state index contributed by atoms with van der Waals surface area (Å²) in [5.74, 6) is 0.990. The van der Waals surface area contributed by atoms with Crippen molar-refractivity contribution in [2.45, 2.75) is 193 Å². The topological polar surface area (TPSA) is 230 Å². The molecule has 4 saturated heterocycles. The molecular weight excluding hydrogens is 1330 g/mol. The first-order valence-corrected chi connectivity index (χ1v) is 35.8. The fourth-order valence-electron chi connectivity index (χ4n) is 14.3. The molecule has 4 aromatic carbocycles. The van der Waals surface area contributed by atoms with Crippen LogP contribution in [0.2, 0.25) is 0 Å². The Kier molecular flexibility index (Phi) is 18.5. The van der Waals surface area contributed by atoms with Crippen molar-refractivity contribution < 1.29 is 83.3 Å². The Morgan fingerprint density at radius 3 is 1.01 bits per heavy atom. The second kappa shape index (κ2) is 27.5. The van der Waals surface area contributed by atoms with E-state index >= 15 is 0 Å². The minimum absolute atomic E-state index is 0.00205. The zero-order valence-electron chi connectivity index (χ0n) is 60.8. The summed E-state index contributed by atoms with van der Waals surface area (Å²) >= 11 is 0. The third-order valence-electron chi connectivity index (χ3n) is 20.6. The van der Waals surface area contributed by atoms with Gasteiger partial charge in [0.2, 0.25) is 0 Å². The molecule has 20 heteroatoms. The molecular formula is C84H88O20. The summed E-state index contributed by atoms with van der Waals surface area (Å²) in [4.78, 5) is 23.6. The van der Waals surface area contributed by atoms with Crippen LogP contribution in [0, 0.1) is 0 Å². The van der Waals surface area contributed by atoms with E-state index in [1.165, 1.54) is 23.3 Å². The zero-order chi connectivity index (χ0) is 72.5. The van der Waals surface area contributed by atoms with Crippen LogP contribution in [0.15, 0.2) is 193 Å².